The molecule has 2 aliphatic heterocycles. The van der Waals surface area contributed by atoms with Gasteiger partial charge in [-0.3, -0.25) is 14.4 Å². The van der Waals surface area contributed by atoms with Gasteiger partial charge in [0.2, 0.25) is 5.43 Å². The lowest BCUT2D eigenvalue weighted by molar-refractivity contribution is 0.101. The third-order valence-electron chi connectivity index (χ3n) is 8.03. The zero-order valence-corrected chi connectivity index (χ0v) is 24.9. The van der Waals surface area contributed by atoms with E-state index in [0.29, 0.717) is 59.3 Å². The number of benzene rings is 3. The fraction of sp³-hybridized carbons (Fsp3) is 0.303. The van der Waals surface area contributed by atoms with Crippen molar-refractivity contribution in [2.45, 2.75) is 19.9 Å². The van der Waals surface area contributed by atoms with Crippen LogP contribution in [0.4, 0.5) is 21.5 Å². The molecular weight excluding hydrogens is 565 g/mol. The Morgan fingerprint density at radius 3 is 2.27 bits per heavy atom. The van der Waals surface area contributed by atoms with E-state index in [0.717, 1.165) is 13.1 Å². The first-order chi connectivity index (χ1) is 21.2. The molecule has 0 bridgehead atoms. The number of aromatic nitrogens is 1. The molecule has 3 aromatic carbocycles. The second-order valence-electron chi connectivity index (χ2n) is 11.1. The third-order valence-corrected chi connectivity index (χ3v) is 8.03. The van der Waals surface area contributed by atoms with Gasteiger partial charge in [0.05, 0.1) is 23.6 Å². The predicted molar refractivity (Wildman–Crippen MR) is 168 cm³/mol. The van der Waals surface area contributed by atoms with Crippen LogP contribution in [0.2, 0.25) is 0 Å². The van der Waals surface area contributed by atoms with Crippen molar-refractivity contribution in [2.24, 2.45) is 0 Å². The summed E-state index contributed by atoms with van der Waals surface area (Å²) >= 11 is 0. The van der Waals surface area contributed by atoms with Crippen LogP contribution in [0.15, 0.2) is 65.6 Å². The molecule has 1 aromatic heterocycles. The molecule has 0 radical (unpaired) electrons. The molecule has 2 aliphatic rings. The highest BCUT2D eigenvalue weighted by atomic mass is 19.1. The number of ether oxygens (including phenoxy) is 2. The third kappa shape index (κ3) is 5.58. The molecule has 6 rings (SSSR count). The van der Waals surface area contributed by atoms with Gasteiger partial charge < -0.3 is 34.5 Å². The average molecular weight is 600 g/mol. The highest BCUT2D eigenvalue weighted by Crippen LogP contribution is 2.42. The molecule has 4 aromatic rings. The van der Waals surface area contributed by atoms with Crippen LogP contribution in [-0.4, -0.2) is 67.7 Å². The van der Waals surface area contributed by atoms with Crippen molar-refractivity contribution < 1.29 is 23.5 Å². The minimum absolute atomic E-state index is 0.0934. The molecule has 1 atom stereocenters. The van der Waals surface area contributed by atoms with E-state index >= 15 is 4.39 Å². The first-order valence-electron chi connectivity index (χ1n) is 14.7. The SMILES string of the molecule is CCOc1ccc(NC(=O)c2ccc(NC(=O)c3cn4c5c(c(N6CCN(C)CC6)c(F)cc5c3=O)OC[C@H]4C)cc2)cc1. The minimum Gasteiger partial charge on any atom is -0.494 e. The summed E-state index contributed by atoms with van der Waals surface area (Å²) in [6.07, 6.45) is 1.53. The van der Waals surface area contributed by atoms with Gasteiger partial charge in [-0.2, -0.15) is 0 Å². The summed E-state index contributed by atoms with van der Waals surface area (Å²) in [4.78, 5) is 43.8. The van der Waals surface area contributed by atoms with Crippen molar-refractivity contribution in [3.05, 3.63) is 88.0 Å². The van der Waals surface area contributed by atoms with Crippen LogP contribution in [0.1, 0.15) is 40.6 Å². The molecule has 1 fully saturated rings. The van der Waals surface area contributed by atoms with Gasteiger partial charge >= 0.3 is 0 Å². The van der Waals surface area contributed by atoms with Crippen LogP contribution >= 0.6 is 0 Å². The van der Waals surface area contributed by atoms with Gasteiger partial charge in [-0.25, -0.2) is 4.39 Å². The van der Waals surface area contributed by atoms with E-state index < -0.39 is 17.2 Å². The zero-order chi connectivity index (χ0) is 31.0. The molecule has 228 valence electrons. The molecule has 1 saturated heterocycles. The van der Waals surface area contributed by atoms with E-state index in [2.05, 4.69) is 15.5 Å². The first kappa shape index (κ1) is 29.2. The molecule has 2 N–H and O–H groups in total. The quantitative estimate of drug-likeness (QED) is 0.316. The van der Waals surface area contributed by atoms with Gasteiger partial charge in [0.15, 0.2) is 11.6 Å². The maximum atomic E-state index is 15.6. The number of nitrogens with one attached hydrogen (secondary N) is 2. The Morgan fingerprint density at radius 1 is 0.977 bits per heavy atom. The number of nitrogens with zero attached hydrogens (tertiary/aromatic N) is 3. The molecule has 0 saturated carbocycles. The summed E-state index contributed by atoms with van der Waals surface area (Å²) in [5.41, 5.74) is 1.56. The lowest BCUT2D eigenvalue weighted by atomic mass is 10.0. The predicted octanol–water partition coefficient (Wildman–Crippen LogP) is 4.75. The van der Waals surface area contributed by atoms with E-state index in [1.807, 2.05) is 30.4 Å². The van der Waals surface area contributed by atoms with E-state index in [-0.39, 0.29) is 29.5 Å². The number of carbonyl (C=O) groups is 2. The monoisotopic (exact) mass is 599 g/mol. The second-order valence-corrected chi connectivity index (χ2v) is 11.1. The lowest BCUT2D eigenvalue weighted by Crippen LogP contribution is -2.45. The number of amides is 2. The van der Waals surface area contributed by atoms with Crippen molar-refractivity contribution in [2.75, 3.05) is 62.0 Å². The number of rotatable bonds is 7. The van der Waals surface area contributed by atoms with Gasteiger partial charge in [0.25, 0.3) is 11.8 Å². The Balaban J connectivity index is 1.24. The Hall–Kier alpha value is -4.90. The molecule has 11 heteroatoms. The number of halogens is 1. The van der Waals surface area contributed by atoms with Crippen LogP contribution in [0.25, 0.3) is 10.9 Å². The lowest BCUT2D eigenvalue weighted by Gasteiger charge is -2.37. The Kier molecular flexibility index (Phi) is 7.96. The molecule has 0 aliphatic carbocycles. The van der Waals surface area contributed by atoms with Crippen LogP contribution in [0.3, 0.4) is 0 Å². The van der Waals surface area contributed by atoms with Gasteiger partial charge in [0, 0.05) is 49.3 Å². The molecule has 3 heterocycles. The molecule has 0 unspecified atom stereocenters. The van der Waals surface area contributed by atoms with Gasteiger partial charge in [0.1, 0.15) is 23.6 Å². The number of anilines is 3. The standard InChI is InChI=1S/C33H34FN5O5/c1-4-43-24-11-9-23(10-12-24)35-32(41)21-5-7-22(8-6-21)36-33(42)26-18-39-20(2)19-44-31-28(39)25(30(26)40)17-27(34)29(31)38-15-13-37(3)14-16-38/h5-12,17-18,20H,4,13-16,19H2,1-3H3,(H,35,41)(H,36,42)/t20-/m1/s1. The minimum atomic E-state index is -0.629. The fourth-order valence-electron chi connectivity index (χ4n) is 5.61. The van der Waals surface area contributed by atoms with Gasteiger partial charge in [-0.05, 0) is 75.5 Å². The average Bonchev–Trinajstić information content (AvgIpc) is 3.02. The summed E-state index contributed by atoms with van der Waals surface area (Å²) < 4.78 is 28.9. The van der Waals surface area contributed by atoms with E-state index in [1.165, 1.54) is 12.3 Å². The molecular formula is C33H34FN5O5. The van der Waals surface area contributed by atoms with Gasteiger partial charge in [-0.15, -0.1) is 0 Å². The smallest absolute Gasteiger partial charge is 0.261 e. The number of piperazine rings is 1. The Morgan fingerprint density at radius 2 is 1.61 bits per heavy atom. The maximum Gasteiger partial charge on any atom is 0.261 e. The van der Waals surface area contributed by atoms with Crippen molar-refractivity contribution in [3.8, 4) is 11.5 Å². The number of carbonyl (C=O) groups excluding carboxylic acids is 2. The van der Waals surface area contributed by atoms with Crippen LogP contribution in [0, 0.1) is 5.82 Å². The number of hydrogen-bond acceptors (Lipinski definition) is 7. The summed E-state index contributed by atoms with van der Waals surface area (Å²) in [5.74, 6) is -0.442. The molecule has 2 amide bonds. The number of hydrogen-bond donors (Lipinski definition) is 2. The van der Waals surface area contributed by atoms with Crippen molar-refractivity contribution in [1.82, 2.24) is 9.47 Å². The summed E-state index contributed by atoms with van der Waals surface area (Å²) in [7, 11) is 2.02. The Bertz CT molecular complexity index is 1780. The van der Waals surface area contributed by atoms with Crippen molar-refractivity contribution in [3.63, 3.8) is 0 Å². The molecule has 10 nitrogen and oxygen atoms in total. The molecule has 0 spiro atoms. The largest absolute Gasteiger partial charge is 0.494 e. The number of likely N-dealkylation sites (N-methyl/N-ethyl adjacent to an activating group) is 1. The van der Waals surface area contributed by atoms with E-state index in [4.69, 9.17) is 9.47 Å². The summed E-state index contributed by atoms with van der Waals surface area (Å²) in [6, 6.07) is 14.4. The highest BCUT2D eigenvalue weighted by molar-refractivity contribution is 6.08. The van der Waals surface area contributed by atoms with E-state index in [1.54, 1.807) is 48.5 Å². The first-order valence-corrected chi connectivity index (χ1v) is 14.7. The highest BCUT2D eigenvalue weighted by Gasteiger charge is 2.31. The van der Waals surface area contributed by atoms with Crippen LogP contribution in [-0.2, 0) is 0 Å². The summed E-state index contributed by atoms with van der Waals surface area (Å²) in [5, 5.41) is 5.66. The van der Waals surface area contributed by atoms with Crippen LogP contribution < -0.4 is 30.4 Å². The topological polar surface area (TPSA) is 105 Å². The zero-order valence-electron chi connectivity index (χ0n) is 24.9. The van der Waals surface area contributed by atoms with Gasteiger partial charge in [-0.1, -0.05) is 0 Å². The van der Waals surface area contributed by atoms with E-state index in [9.17, 15) is 14.4 Å². The van der Waals surface area contributed by atoms with Crippen LogP contribution in [0.5, 0.6) is 11.5 Å². The molecule has 44 heavy (non-hydrogen) atoms. The van der Waals surface area contributed by atoms with Crippen molar-refractivity contribution >= 4 is 39.8 Å². The second kappa shape index (κ2) is 12.0. The normalized spacial score (nSPS) is 16.4. The fourth-order valence-corrected chi connectivity index (χ4v) is 5.61. The Labute approximate surface area is 254 Å². The maximum absolute atomic E-state index is 15.6. The summed E-state index contributed by atoms with van der Waals surface area (Å²) in [6.45, 7) is 7.49. The van der Waals surface area contributed by atoms with Crippen molar-refractivity contribution in [1.29, 1.82) is 0 Å². The number of pyridine rings is 1.